The number of hydrogen-bond donors (Lipinski definition) is 3. The van der Waals surface area contributed by atoms with E-state index in [2.05, 4.69) is 76.7 Å². The molecule has 0 radical (unpaired) electrons. The molecular formula is C21H29BrN8. The van der Waals surface area contributed by atoms with Crippen molar-refractivity contribution in [3.05, 3.63) is 64.8 Å². The van der Waals surface area contributed by atoms with Crippen LogP contribution in [0.4, 0.5) is 0 Å². The summed E-state index contributed by atoms with van der Waals surface area (Å²) < 4.78 is 1.08. The zero-order valence-electron chi connectivity index (χ0n) is 17.0. The lowest BCUT2D eigenvalue weighted by Gasteiger charge is -2.31. The van der Waals surface area contributed by atoms with E-state index in [0.717, 1.165) is 55.6 Å². The first-order valence-corrected chi connectivity index (χ1v) is 11.0. The molecule has 3 rings (SSSR count). The van der Waals surface area contributed by atoms with Crippen LogP contribution in [0.15, 0.2) is 63.5 Å². The summed E-state index contributed by atoms with van der Waals surface area (Å²) in [5, 5.41) is 11.8. The number of H-pyrrole nitrogens is 1. The molecule has 160 valence electrons. The Kier molecular flexibility index (Phi) is 8.92. The van der Waals surface area contributed by atoms with E-state index in [0.29, 0.717) is 12.5 Å². The van der Waals surface area contributed by atoms with Crippen molar-refractivity contribution in [1.29, 1.82) is 0 Å². The molecule has 0 atom stereocenters. The number of benzene rings is 1. The van der Waals surface area contributed by atoms with E-state index < -0.39 is 0 Å². The predicted octanol–water partition coefficient (Wildman–Crippen LogP) is 3.02. The number of nitrogens with two attached hydrogens (primary N) is 1. The monoisotopic (exact) mass is 472 g/mol. The number of aliphatic imine (C=N–C) groups is 1. The molecule has 9 heteroatoms. The van der Waals surface area contributed by atoms with Crippen molar-refractivity contribution in [2.45, 2.75) is 32.2 Å². The number of hydrogen-bond acceptors (Lipinski definition) is 5. The first kappa shape index (κ1) is 22.0. The van der Waals surface area contributed by atoms with Crippen LogP contribution in [-0.2, 0) is 13.0 Å². The number of guanidine groups is 1. The highest BCUT2D eigenvalue weighted by Crippen LogP contribution is 2.15. The van der Waals surface area contributed by atoms with Gasteiger partial charge in [0.1, 0.15) is 5.82 Å². The molecule has 1 aliphatic rings. The van der Waals surface area contributed by atoms with Gasteiger partial charge in [0, 0.05) is 68.3 Å². The third kappa shape index (κ3) is 7.64. The molecule has 4 N–H and O–H groups in total. The quantitative estimate of drug-likeness (QED) is 0.265. The summed E-state index contributed by atoms with van der Waals surface area (Å²) in [7, 11) is 0. The Bertz CT molecular complexity index is 817. The molecule has 0 fully saturated rings. The van der Waals surface area contributed by atoms with Crippen LogP contribution in [0.2, 0.25) is 0 Å². The molecule has 1 aromatic heterocycles. The average Bonchev–Trinajstić information content (AvgIpc) is 3.29. The minimum Gasteiger partial charge on any atom is -0.370 e. The van der Waals surface area contributed by atoms with Gasteiger partial charge in [0.15, 0.2) is 5.96 Å². The number of hydrazone groups is 1. The van der Waals surface area contributed by atoms with Crippen molar-refractivity contribution < 1.29 is 0 Å². The van der Waals surface area contributed by atoms with E-state index in [-0.39, 0.29) is 0 Å². The maximum atomic E-state index is 5.98. The summed E-state index contributed by atoms with van der Waals surface area (Å²) >= 11 is 3.49. The summed E-state index contributed by atoms with van der Waals surface area (Å²) in [5.41, 5.74) is 7.21. The molecule has 0 saturated carbocycles. The number of imidazole rings is 1. The van der Waals surface area contributed by atoms with Crippen LogP contribution in [0, 0.1) is 0 Å². The topological polar surface area (TPSA) is 97.9 Å². The summed E-state index contributed by atoms with van der Waals surface area (Å²) in [6.07, 6.45) is 13.2. The lowest BCUT2D eigenvalue weighted by Crippen LogP contribution is -2.37. The van der Waals surface area contributed by atoms with Gasteiger partial charge in [0.2, 0.25) is 0 Å². The van der Waals surface area contributed by atoms with Crippen molar-refractivity contribution >= 4 is 28.1 Å². The number of rotatable bonds is 11. The van der Waals surface area contributed by atoms with Gasteiger partial charge in [-0.2, -0.15) is 10.1 Å². The number of aromatic nitrogens is 2. The van der Waals surface area contributed by atoms with Gasteiger partial charge in [-0.15, -0.1) is 0 Å². The van der Waals surface area contributed by atoms with Crippen molar-refractivity contribution in [3.8, 4) is 0 Å². The van der Waals surface area contributed by atoms with E-state index in [4.69, 9.17) is 5.73 Å². The van der Waals surface area contributed by atoms with Crippen LogP contribution >= 0.6 is 15.9 Å². The average molecular weight is 473 g/mol. The summed E-state index contributed by atoms with van der Waals surface area (Å²) in [4.78, 5) is 11.8. The molecule has 0 bridgehead atoms. The minimum absolute atomic E-state index is 0.491. The van der Waals surface area contributed by atoms with Crippen molar-refractivity contribution in [3.63, 3.8) is 0 Å². The number of halogens is 1. The fraction of sp³-hybridized carbons (Fsp3) is 0.381. The zero-order chi connectivity index (χ0) is 21.0. The van der Waals surface area contributed by atoms with Crippen molar-refractivity contribution in [1.82, 2.24) is 25.4 Å². The molecule has 0 unspecified atom stereocenters. The number of aryl methyl sites for hydroxylation is 1. The van der Waals surface area contributed by atoms with E-state index in [9.17, 15) is 0 Å². The van der Waals surface area contributed by atoms with Gasteiger partial charge in [0.25, 0.3) is 0 Å². The highest BCUT2D eigenvalue weighted by molar-refractivity contribution is 9.10. The van der Waals surface area contributed by atoms with E-state index in [1.54, 1.807) is 6.20 Å². The second kappa shape index (κ2) is 12.1. The molecule has 1 aliphatic heterocycles. The standard InChI is InChI=1S/C21H29BrN8/c22-19-8-6-18(7-9-19)17-29(30-16-2-1-12-28-30)15-4-11-27-21(23)26-10-3-5-20-24-13-14-25-20/h2,6-9,12-14,16H,1,3-5,10-11,15,17H2,(H,24,25)(H3,23,26,27). The maximum Gasteiger partial charge on any atom is 0.188 e. The molecule has 0 aliphatic carbocycles. The predicted molar refractivity (Wildman–Crippen MR) is 125 cm³/mol. The van der Waals surface area contributed by atoms with Crippen LogP contribution in [0.3, 0.4) is 0 Å². The summed E-state index contributed by atoms with van der Waals surface area (Å²) in [6, 6.07) is 8.37. The van der Waals surface area contributed by atoms with E-state index >= 15 is 0 Å². The third-order valence-electron chi connectivity index (χ3n) is 4.56. The number of hydrazine groups is 1. The first-order valence-electron chi connectivity index (χ1n) is 10.2. The largest absolute Gasteiger partial charge is 0.370 e. The second-order valence-electron chi connectivity index (χ2n) is 6.94. The van der Waals surface area contributed by atoms with Gasteiger partial charge in [0.05, 0.1) is 0 Å². The van der Waals surface area contributed by atoms with Gasteiger partial charge >= 0.3 is 0 Å². The van der Waals surface area contributed by atoms with Gasteiger partial charge < -0.3 is 16.0 Å². The fourth-order valence-corrected chi connectivity index (χ4v) is 3.29. The Balaban J connectivity index is 1.42. The molecular weight excluding hydrogens is 444 g/mol. The van der Waals surface area contributed by atoms with E-state index in [1.165, 1.54) is 5.56 Å². The zero-order valence-corrected chi connectivity index (χ0v) is 18.6. The number of nitrogens with zero attached hydrogens (tertiary/aromatic N) is 5. The molecule has 30 heavy (non-hydrogen) atoms. The molecule has 1 aromatic carbocycles. The molecule has 2 heterocycles. The number of nitrogens with one attached hydrogen (secondary N) is 2. The van der Waals surface area contributed by atoms with Gasteiger partial charge in [-0.1, -0.05) is 34.1 Å². The SMILES string of the molecule is NC(=NCCCN(Cc1ccc(Br)cc1)N1C=CCC=N1)NCCCc1ncc[nH]1. The highest BCUT2D eigenvalue weighted by atomic mass is 79.9. The lowest BCUT2D eigenvalue weighted by molar-refractivity contribution is 0.0135. The Morgan fingerprint density at radius 3 is 2.90 bits per heavy atom. The van der Waals surface area contributed by atoms with Gasteiger partial charge in [-0.3, -0.25) is 4.99 Å². The lowest BCUT2D eigenvalue weighted by atomic mass is 10.2. The molecule has 2 aromatic rings. The maximum absolute atomic E-state index is 5.98. The Labute approximate surface area is 186 Å². The number of aromatic amines is 1. The van der Waals surface area contributed by atoms with Crippen molar-refractivity contribution in [2.24, 2.45) is 15.8 Å². The second-order valence-corrected chi connectivity index (χ2v) is 7.86. The van der Waals surface area contributed by atoms with Gasteiger partial charge in [-0.05, 0) is 30.5 Å². The van der Waals surface area contributed by atoms with Crippen LogP contribution in [0.1, 0.15) is 30.7 Å². The summed E-state index contributed by atoms with van der Waals surface area (Å²) in [6.45, 7) is 3.04. The normalized spacial score (nSPS) is 13.9. The Morgan fingerprint density at radius 2 is 2.17 bits per heavy atom. The first-order chi connectivity index (χ1) is 14.7. The summed E-state index contributed by atoms with van der Waals surface area (Å²) in [5.74, 6) is 1.48. The molecule has 0 saturated heterocycles. The molecule has 0 amide bonds. The minimum atomic E-state index is 0.491. The Hall–Kier alpha value is -2.65. The molecule has 8 nitrogen and oxygen atoms in total. The van der Waals surface area contributed by atoms with Crippen LogP contribution in [0.25, 0.3) is 0 Å². The van der Waals surface area contributed by atoms with Crippen LogP contribution in [0.5, 0.6) is 0 Å². The molecule has 0 spiro atoms. The number of allylic oxidation sites excluding steroid dienone is 1. The van der Waals surface area contributed by atoms with Gasteiger partial charge in [-0.25, -0.2) is 10.1 Å². The highest BCUT2D eigenvalue weighted by Gasteiger charge is 2.13. The van der Waals surface area contributed by atoms with Crippen LogP contribution < -0.4 is 11.1 Å². The Morgan fingerprint density at radius 1 is 1.30 bits per heavy atom. The third-order valence-corrected chi connectivity index (χ3v) is 5.08. The smallest absolute Gasteiger partial charge is 0.188 e. The van der Waals surface area contributed by atoms with Crippen molar-refractivity contribution in [2.75, 3.05) is 19.6 Å². The fourth-order valence-electron chi connectivity index (χ4n) is 3.02. The van der Waals surface area contributed by atoms with E-state index in [1.807, 2.05) is 23.7 Å². The van der Waals surface area contributed by atoms with Crippen LogP contribution in [-0.4, -0.2) is 51.9 Å².